The predicted octanol–water partition coefficient (Wildman–Crippen LogP) is 6.25. The van der Waals surface area contributed by atoms with Crippen molar-refractivity contribution in [3.8, 4) is 11.3 Å². The van der Waals surface area contributed by atoms with E-state index in [2.05, 4.69) is 4.98 Å². The van der Waals surface area contributed by atoms with Crippen molar-refractivity contribution in [2.45, 2.75) is 0 Å². The molecule has 0 bridgehead atoms. The Bertz CT molecular complexity index is 1240. The molecule has 0 unspecified atom stereocenters. The van der Waals surface area contributed by atoms with Crippen LogP contribution in [0, 0.1) is 0 Å². The minimum atomic E-state index is -0.592. The van der Waals surface area contributed by atoms with Crippen molar-refractivity contribution in [3.63, 3.8) is 0 Å². The first-order chi connectivity index (χ1) is 14.5. The number of carbonyl (C=O) groups is 2. The van der Waals surface area contributed by atoms with E-state index in [0.717, 1.165) is 5.56 Å². The molecule has 0 saturated carbocycles. The second kappa shape index (κ2) is 8.66. The zero-order chi connectivity index (χ0) is 21.1. The smallest absolute Gasteiger partial charge is 0.339 e. The number of hydrogen-bond donors (Lipinski definition) is 0. The summed E-state index contributed by atoms with van der Waals surface area (Å²) in [4.78, 5) is 29.8. The normalized spacial score (nSPS) is 10.7. The molecule has 0 aliphatic rings. The van der Waals surface area contributed by atoms with Crippen LogP contribution in [0.15, 0.2) is 78.9 Å². The summed E-state index contributed by atoms with van der Waals surface area (Å²) in [7, 11) is 0. The van der Waals surface area contributed by atoms with Gasteiger partial charge < -0.3 is 4.74 Å². The van der Waals surface area contributed by atoms with Crippen molar-refractivity contribution >= 4 is 45.9 Å². The molecule has 6 heteroatoms. The lowest BCUT2D eigenvalue weighted by Crippen LogP contribution is -2.15. The summed E-state index contributed by atoms with van der Waals surface area (Å²) in [5.41, 5.74) is 2.85. The first-order valence-electron chi connectivity index (χ1n) is 9.13. The van der Waals surface area contributed by atoms with E-state index in [9.17, 15) is 9.59 Å². The van der Waals surface area contributed by atoms with Crippen molar-refractivity contribution in [1.82, 2.24) is 4.98 Å². The Balaban J connectivity index is 1.63. The van der Waals surface area contributed by atoms with E-state index in [1.54, 1.807) is 48.5 Å². The van der Waals surface area contributed by atoms with Gasteiger partial charge in [-0.05, 0) is 48.5 Å². The Labute approximate surface area is 183 Å². The number of fused-ring (bicyclic) bond motifs is 1. The average Bonchev–Trinajstić information content (AvgIpc) is 2.77. The third-order valence-corrected chi connectivity index (χ3v) is 5.08. The monoisotopic (exact) mass is 435 g/mol. The maximum absolute atomic E-state index is 12.8. The number of para-hydroxylation sites is 1. The van der Waals surface area contributed by atoms with Gasteiger partial charge in [0.2, 0.25) is 0 Å². The Kier molecular flexibility index (Phi) is 5.79. The third kappa shape index (κ3) is 4.35. The fraction of sp³-hybridized carbons (Fsp3) is 0.0417. The van der Waals surface area contributed by atoms with Gasteiger partial charge in [0.05, 0.1) is 16.8 Å². The lowest BCUT2D eigenvalue weighted by atomic mass is 10.0. The number of esters is 1. The molecule has 1 heterocycles. The van der Waals surface area contributed by atoms with Crippen LogP contribution in [0.3, 0.4) is 0 Å². The molecule has 0 aliphatic heterocycles. The van der Waals surface area contributed by atoms with E-state index in [4.69, 9.17) is 27.9 Å². The first kappa shape index (κ1) is 20.1. The van der Waals surface area contributed by atoms with Gasteiger partial charge in [-0.25, -0.2) is 9.78 Å². The van der Waals surface area contributed by atoms with E-state index in [0.29, 0.717) is 37.8 Å². The summed E-state index contributed by atoms with van der Waals surface area (Å²) in [6.45, 7) is -0.368. The zero-order valence-electron chi connectivity index (χ0n) is 15.6. The number of nitrogens with zero attached hydrogens (tertiary/aromatic N) is 1. The molecule has 0 aliphatic carbocycles. The highest BCUT2D eigenvalue weighted by molar-refractivity contribution is 6.31. The van der Waals surface area contributed by atoms with Crippen LogP contribution in [0.25, 0.3) is 22.2 Å². The fourth-order valence-corrected chi connectivity index (χ4v) is 3.29. The van der Waals surface area contributed by atoms with E-state index in [1.165, 1.54) is 0 Å². The molecule has 30 heavy (non-hydrogen) atoms. The van der Waals surface area contributed by atoms with Gasteiger partial charge in [-0.1, -0.05) is 53.5 Å². The summed E-state index contributed by atoms with van der Waals surface area (Å²) in [6.07, 6.45) is 0. The van der Waals surface area contributed by atoms with Crippen LogP contribution in [0.5, 0.6) is 0 Å². The van der Waals surface area contributed by atoms with Crippen LogP contribution in [-0.4, -0.2) is 23.3 Å². The number of ether oxygens (including phenoxy) is 1. The molecule has 1 aromatic heterocycles. The van der Waals surface area contributed by atoms with Crippen LogP contribution >= 0.6 is 23.2 Å². The van der Waals surface area contributed by atoms with Crippen molar-refractivity contribution in [3.05, 3.63) is 100 Å². The lowest BCUT2D eigenvalue weighted by molar-refractivity contribution is 0.0476. The second-order valence-corrected chi connectivity index (χ2v) is 7.46. The molecule has 0 fully saturated rings. The molecule has 4 nitrogen and oxygen atoms in total. The SMILES string of the molecule is O=C(COC(=O)c1cc(-c2ccc(Cl)cc2)nc2ccccc12)c1ccc(Cl)cc1. The van der Waals surface area contributed by atoms with Crippen LogP contribution in [0.1, 0.15) is 20.7 Å². The number of ketones is 1. The highest BCUT2D eigenvalue weighted by Gasteiger charge is 2.17. The Morgan fingerprint density at radius 2 is 1.47 bits per heavy atom. The minimum absolute atomic E-state index is 0.309. The quantitative estimate of drug-likeness (QED) is 0.274. The molecule has 4 aromatic rings. The van der Waals surface area contributed by atoms with Gasteiger partial charge in [0.1, 0.15) is 0 Å². The van der Waals surface area contributed by atoms with E-state index >= 15 is 0 Å². The second-order valence-electron chi connectivity index (χ2n) is 6.59. The van der Waals surface area contributed by atoms with Gasteiger partial charge in [-0.3, -0.25) is 4.79 Å². The minimum Gasteiger partial charge on any atom is -0.454 e. The van der Waals surface area contributed by atoms with Gasteiger partial charge in [-0.2, -0.15) is 0 Å². The number of hydrogen-bond acceptors (Lipinski definition) is 4. The number of Topliss-reactive ketones (excluding diaryl/α,β-unsaturated/α-hetero) is 1. The number of benzene rings is 3. The molecule has 0 saturated heterocycles. The van der Waals surface area contributed by atoms with Gasteiger partial charge in [-0.15, -0.1) is 0 Å². The molecule has 3 aromatic carbocycles. The highest BCUT2D eigenvalue weighted by atomic mass is 35.5. The zero-order valence-corrected chi connectivity index (χ0v) is 17.2. The van der Waals surface area contributed by atoms with Crippen molar-refractivity contribution < 1.29 is 14.3 Å². The van der Waals surface area contributed by atoms with Gasteiger partial charge in [0.15, 0.2) is 12.4 Å². The maximum Gasteiger partial charge on any atom is 0.339 e. The van der Waals surface area contributed by atoms with Crippen molar-refractivity contribution in [2.24, 2.45) is 0 Å². The topological polar surface area (TPSA) is 56.3 Å². The number of carbonyl (C=O) groups excluding carboxylic acids is 2. The Hall–Kier alpha value is -3.21. The van der Waals surface area contributed by atoms with E-state index in [1.807, 2.05) is 30.3 Å². The first-order valence-corrected chi connectivity index (χ1v) is 9.88. The van der Waals surface area contributed by atoms with E-state index < -0.39 is 5.97 Å². The molecular weight excluding hydrogens is 421 g/mol. The molecule has 0 amide bonds. The Morgan fingerprint density at radius 1 is 0.833 bits per heavy atom. The molecule has 0 radical (unpaired) electrons. The van der Waals surface area contributed by atoms with Crippen LogP contribution in [-0.2, 0) is 4.74 Å². The van der Waals surface area contributed by atoms with Crippen molar-refractivity contribution in [2.75, 3.05) is 6.61 Å². The summed E-state index contributed by atoms with van der Waals surface area (Å²) < 4.78 is 5.32. The van der Waals surface area contributed by atoms with Gasteiger partial charge >= 0.3 is 5.97 Å². The number of halogens is 2. The molecule has 0 spiro atoms. The summed E-state index contributed by atoms with van der Waals surface area (Å²) >= 11 is 11.8. The molecule has 0 N–H and O–H groups in total. The summed E-state index contributed by atoms with van der Waals surface area (Å²) in [6, 6.07) is 22.6. The molecule has 148 valence electrons. The van der Waals surface area contributed by atoms with Crippen LogP contribution in [0.4, 0.5) is 0 Å². The van der Waals surface area contributed by atoms with Gasteiger partial charge in [0, 0.05) is 26.6 Å². The predicted molar refractivity (Wildman–Crippen MR) is 118 cm³/mol. The van der Waals surface area contributed by atoms with E-state index in [-0.39, 0.29) is 12.4 Å². The molecular formula is C24H15Cl2NO3. The van der Waals surface area contributed by atoms with Crippen LogP contribution in [0.2, 0.25) is 10.0 Å². The maximum atomic E-state index is 12.8. The number of pyridine rings is 1. The van der Waals surface area contributed by atoms with Gasteiger partial charge in [0.25, 0.3) is 0 Å². The fourth-order valence-electron chi connectivity index (χ4n) is 3.04. The molecule has 4 rings (SSSR count). The van der Waals surface area contributed by atoms with Crippen molar-refractivity contribution in [1.29, 1.82) is 0 Å². The Morgan fingerprint density at radius 3 is 2.17 bits per heavy atom. The summed E-state index contributed by atoms with van der Waals surface area (Å²) in [5.74, 6) is -0.901. The largest absolute Gasteiger partial charge is 0.454 e. The highest BCUT2D eigenvalue weighted by Crippen LogP contribution is 2.26. The third-order valence-electron chi connectivity index (χ3n) is 4.58. The van der Waals surface area contributed by atoms with Crippen LogP contribution < -0.4 is 0 Å². The standard InChI is InChI=1S/C24H15Cl2NO3/c25-17-9-5-15(6-10-17)22-13-20(19-3-1-2-4-21(19)27-22)24(29)30-14-23(28)16-7-11-18(26)12-8-16/h1-13H,14H2. The number of aromatic nitrogens is 1. The lowest BCUT2D eigenvalue weighted by Gasteiger charge is -2.10. The number of rotatable bonds is 5. The molecule has 0 atom stereocenters. The average molecular weight is 436 g/mol. The summed E-state index contributed by atoms with van der Waals surface area (Å²) in [5, 5.41) is 1.79.